The lowest BCUT2D eigenvalue weighted by Gasteiger charge is -2.10. The third-order valence-electron chi connectivity index (χ3n) is 3.53. The minimum atomic E-state index is -0.146. The zero-order valence-corrected chi connectivity index (χ0v) is 13.2. The Bertz CT molecular complexity index is 695. The van der Waals surface area contributed by atoms with Crippen molar-refractivity contribution in [2.24, 2.45) is 0 Å². The molecule has 0 radical (unpaired) electrons. The SMILES string of the molecule is C=CCc1cc(C(=O)NCc2cccc(CO)c2)ccc1OC. The van der Waals surface area contributed by atoms with Crippen molar-refractivity contribution in [1.29, 1.82) is 0 Å². The number of ether oxygens (including phenoxy) is 1. The number of amides is 1. The predicted molar refractivity (Wildman–Crippen MR) is 90.4 cm³/mol. The van der Waals surface area contributed by atoms with E-state index >= 15 is 0 Å². The van der Waals surface area contributed by atoms with Gasteiger partial charge < -0.3 is 15.2 Å². The molecule has 0 aliphatic rings. The van der Waals surface area contributed by atoms with Crippen molar-refractivity contribution in [3.8, 4) is 5.75 Å². The van der Waals surface area contributed by atoms with E-state index in [-0.39, 0.29) is 12.5 Å². The number of hydrogen-bond donors (Lipinski definition) is 2. The van der Waals surface area contributed by atoms with Gasteiger partial charge in [-0.2, -0.15) is 0 Å². The minimum absolute atomic E-state index is 0.00875. The molecule has 0 saturated heterocycles. The van der Waals surface area contributed by atoms with Crippen LogP contribution in [-0.2, 0) is 19.6 Å². The maximum Gasteiger partial charge on any atom is 0.251 e. The lowest BCUT2D eigenvalue weighted by molar-refractivity contribution is 0.0951. The van der Waals surface area contributed by atoms with Crippen molar-refractivity contribution in [3.63, 3.8) is 0 Å². The topological polar surface area (TPSA) is 58.6 Å². The molecule has 4 heteroatoms. The van der Waals surface area contributed by atoms with Crippen LogP contribution in [0.1, 0.15) is 27.0 Å². The van der Waals surface area contributed by atoms with Gasteiger partial charge in [0, 0.05) is 12.1 Å². The molecule has 0 fully saturated rings. The number of aliphatic hydroxyl groups is 1. The zero-order valence-electron chi connectivity index (χ0n) is 13.2. The van der Waals surface area contributed by atoms with Gasteiger partial charge in [-0.05, 0) is 41.3 Å². The molecule has 0 aliphatic carbocycles. The second kappa shape index (κ2) is 8.15. The highest BCUT2D eigenvalue weighted by Crippen LogP contribution is 2.20. The molecule has 120 valence electrons. The molecule has 2 rings (SSSR count). The third kappa shape index (κ3) is 4.44. The van der Waals surface area contributed by atoms with E-state index in [4.69, 9.17) is 9.84 Å². The summed E-state index contributed by atoms with van der Waals surface area (Å²) < 4.78 is 5.28. The number of rotatable bonds is 7. The fourth-order valence-corrected chi connectivity index (χ4v) is 2.36. The minimum Gasteiger partial charge on any atom is -0.496 e. The molecule has 2 aromatic rings. The van der Waals surface area contributed by atoms with Crippen LogP contribution < -0.4 is 10.1 Å². The van der Waals surface area contributed by atoms with Gasteiger partial charge in [-0.25, -0.2) is 0 Å². The summed E-state index contributed by atoms with van der Waals surface area (Å²) in [5.41, 5.74) is 3.29. The third-order valence-corrected chi connectivity index (χ3v) is 3.53. The number of aliphatic hydroxyl groups excluding tert-OH is 1. The molecule has 0 bridgehead atoms. The van der Waals surface area contributed by atoms with E-state index < -0.39 is 0 Å². The van der Waals surface area contributed by atoms with Gasteiger partial charge in [-0.1, -0.05) is 30.3 Å². The molecular formula is C19H21NO3. The molecule has 0 unspecified atom stereocenters. The van der Waals surface area contributed by atoms with E-state index in [0.717, 1.165) is 22.4 Å². The van der Waals surface area contributed by atoms with Crippen LogP contribution in [0.2, 0.25) is 0 Å². The van der Waals surface area contributed by atoms with Gasteiger partial charge in [-0.3, -0.25) is 4.79 Å². The Morgan fingerprint density at radius 2 is 2.04 bits per heavy atom. The Morgan fingerprint density at radius 3 is 2.74 bits per heavy atom. The summed E-state index contributed by atoms with van der Waals surface area (Å²) >= 11 is 0. The van der Waals surface area contributed by atoms with Crippen molar-refractivity contribution in [1.82, 2.24) is 5.32 Å². The second-order valence-electron chi connectivity index (χ2n) is 5.18. The molecule has 2 N–H and O–H groups in total. The first kappa shape index (κ1) is 16.8. The Kier molecular flexibility index (Phi) is 5.94. The largest absolute Gasteiger partial charge is 0.496 e. The summed E-state index contributed by atoms with van der Waals surface area (Å²) in [5, 5.41) is 12.0. The molecule has 0 saturated carbocycles. The molecule has 23 heavy (non-hydrogen) atoms. The van der Waals surface area contributed by atoms with Gasteiger partial charge >= 0.3 is 0 Å². The summed E-state index contributed by atoms with van der Waals surface area (Å²) in [6.45, 7) is 4.13. The molecular weight excluding hydrogens is 290 g/mol. The van der Waals surface area contributed by atoms with Gasteiger partial charge in [0.25, 0.3) is 5.91 Å². The molecule has 0 heterocycles. The number of carbonyl (C=O) groups is 1. The molecule has 0 aromatic heterocycles. The quantitative estimate of drug-likeness (QED) is 0.773. The highest BCUT2D eigenvalue weighted by atomic mass is 16.5. The number of hydrogen-bond acceptors (Lipinski definition) is 3. The number of allylic oxidation sites excluding steroid dienone is 1. The molecule has 1 amide bonds. The first-order valence-electron chi connectivity index (χ1n) is 7.42. The molecule has 0 atom stereocenters. The lowest BCUT2D eigenvalue weighted by atomic mass is 10.1. The molecule has 2 aromatic carbocycles. The maximum absolute atomic E-state index is 12.3. The van der Waals surface area contributed by atoms with Crippen LogP contribution in [0.25, 0.3) is 0 Å². The fourth-order valence-electron chi connectivity index (χ4n) is 2.36. The second-order valence-corrected chi connectivity index (χ2v) is 5.18. The fraction of sp³-hybridized carbons (Fsp3) is 0.211. The van der Waals surface area contributed by atoms with E-state index in [1.165, 1.54) is 0 Å². The van der Waals surface area contributed by atoms with Crippen LogP contribution in [0, 0.1) is 0 Å². The smallest absolute Gasteiger partial charge is 0.251 e. The van der Waals surface area contributed by atoms with Gasteiger partial charge in [0.05, 0.1) is 13.7 Å². The highest BCUT2D eigenvalue weighted by Gasteiger charge is 2.09. The summed E-state index contributed by atoms with van der Waals surface area (Å²) in [6, 6.07) is 12.8. The van der Waals surface area contributed by atoms with E-state index in [9.17, 15) is 4.79 Å². The number of methoxy groups -OCH3 is 1. The van der Waals surface area contributed by atoms with Crippen LogP contribution in [0.4, 0.5) is 0 Å². The summed E-state index contributed by atoms with van der Waals surface area (Å²) in [6.07, 6.45) is 2.42. The Hall–Kier alpha value is -2.59. The van der Waals surface area contributed by atoms with E-state index in [0.29, 0.717) is 18.5 Å². The number of benzene rings is 2. The van der Waals surface area contributed by atoms with Crippen LogP contribution in [-0.4, -0.2) is 18.1 Å². The van der Waals surface area contributed by atoms with Gasteiger partial charge in [0.15, 0.2) is 0 Å². The average molecular weight is 311 g/mol. The Labute approximate surface area is 136 Å². The van der Waals surface area contributed by atoms with Gasteiger partial charge in [0.1, 0.15) is 5.75 Å². The van der Waals surface area contributed by atoms with Crippen LogP contribution in [0.3, 0.4) is 0 Å². The molecule has 0 spiro atoms. The van der Waals surface area contributed by atoms with Crippen LogP contribution in [0.15, 0.2) is 55.1 Å². The van der Waals surface area contributed by atoms with Crippen molar-refractivity contribution in [2.45, 2.75) is 19.6 Å². The maximum atomic E-state index is 12.3. The number of nitrogens with one attached hydrogen (secondary N) is 1. The normalized spacial score (nSPS) is 10.2. The van der Waals surface area contributed by atoms with Crippen molar-refractivity contribution in [3.05, 3.63) is 77.4 Å². The Morgan fingerprint density at radius 1 is 1.26 bits per heavy atom. The Balaban J connectivity index is 2.08. The standard InChI is InChI=1S/C19H21NO3/c1-3-5-16-11-17(8-9-18(16)23-2)19(22)20-12-14-6-4-7-15(10-14)13-21/h3-4,6-11,21H,1,5,12-13H2,2H3,(H,20,22). The zero-order chi connectivity index (χ0) is 16.7. The van der Waals surface area contributed by atoms with E-state index in [2.05, 4.69) is 11.9 Å². The van der Waals surface area contributed by atoms with E-state index in [1.54, 1.807) is 25.3 Å². The van der Waals surface area contributed by atoms with Crippen molar-refractivity contribution in [2.75, 3.05) is 7.11 Å². The number of carbonyl (C=O) groups excluding carboxylic acids is 1. The monoisotopic (exact) mass is 311 g/mol. The van der Waals surface area contributed by atoms with E-state index in [1.807, 2.05) is 30.3 Å². The molecule has 4 nitrogen and oxygen atoms in total. The average Bonchev–Trinajstić information content (AvgIpc) is 2.60. The van der Waals surface area contributed by atoms with Gasteiger partial charge in [-0.15, -0.1) is 6.58 Å². The lowest BCUT2D eigenvalue weighted by Crippen LogP contribution is -2.23. The van der Waals surface area contributed by atoms with Crippen LogP contribution >= 0.6 is 0 Å². The van der Waals surface area contributed by atoms with Crippen molar-refractivity contribution < 1.29 is 14.6 Å². The first-order chi connectivity index (χ1) is 11.2. The van der Waals surface area contributed by atoms with Crippen LogP contribution in [0.5, 0.6) is 5.75 Å². The first-order valence-corrected chi connectivity index (χ1v) is 7.42. The predicted octanol–water partition coefficient (Wildman–Crippen LogP) is 2.85. The van der Waals surface area contributed by atoms with Crippen molar-refractivity contribution >= 4 is 5.91 Å². The highest BCUT2D eigenvalue weighted by molar-refractivity contribution is 5.94. The van der Waals surface area contributed by atoms with Gasteiger partial charge in [0.2, 0.25) is 0 Å². The summed E-state index contributed by atoms with van der Waals surface area (Å²) in [4.78, 5) is 12.3. The summed E-state index contributed by atoms with van der Waals surface area (Å²) in [7, 11) is 1.61. The summed E-state index contributed by atoms with van der Waals surface area (Å²) in [5.74, 6) is 0.601. The molecule has 0 aliphatic heterocycles.